The van der Waals surface area contributed by atoms with Gasteiger partial charge >= 0.3 is 0 Å². The van der Waals surface area contributed by atoms with Crippen molar-refractivity contribution in [3.05, 3.63) is 66.5 Å². The fourth-order valence-corrected chi connectivity index (χ4v) is 5.47. The van der Waals surface area contributed by atoms with Crippen LogP contribution in [-0.4, -0.2) is 87.9 Å². The molecule has 5 aromatic rings. The molecule has 2 unspecified atom stereocenters. The maximum atomic E-state index is 14.8. The highest BCUT2D eigenvalue weighted by Crippen LogP contribution is 2.34. The fraction of sp³-hybridized carbons (Fsp3) is 0.250. The average molecular weight is 513 g/mol. The summed E-state index contributed by atoms with van der Waals surface area (Å²) in [4.78, 5) is 37.1. The zero-order valence-corrected chi connectivity index (χ0v) is 19.8. The number of halogens is 1. The molecule has 1 N–H and O–H groups in total. The largest absolute Gasteiger partial charge is 0.357 e. The number of hydrogen-bond donors (Lipinski definition) is 1. The van der Waals surface area contributed by atoms with Crippen LogP contribution < -0.4 is 4.90 Å². The van der Waals surface area contributed by atoms with Crippen LogP contribution in [-0.2, 0) is 4.79 Å². The smallest absolute Gasteiger partial charge is 0.295 e. The van der Waals surface area contributed by atoms with Crippen LogP contribution in [0.25, 0.3) is 22.4 Å². The van der Waals surface area contributed by atoms with Crippen LogP contribution in [0.4, 0.5) is 10.3 Å². The minimum atomic E-state index is -0.768. The topological polar surface area (TPSA) is 144 Å². The minimum Gasteiger partial charge on any atom is -0.357 e. The van der Waals surface area contributed by atoms with Crippen LogP contribution in [0, 0.1) is 17.7 Å². The van der Waals surface area contributed by atoms with Gasteiger partial charge in [0.05, 0.1) is 40.7 Å². The Bertz CT molecular complexity index is 1650. The van der Waals surface area contributed by atoms with Crippen molar-refractivity contribution in [2.75, 3.05) is 31.1 Å². The Kier molecular flexibility index (Phi) is 4.99. The molecule has 6 heterocycles. The minimum absolute atomic E-state index is 0.00200. The molecular formula is C24H20FN11O2. The molecule has 7 rings (SSSR count). The molecule has 2 atom stereocenters. The number of aromatic amines is 1. The summed E-state index contributed by atoms with van der Waals surface area (Å²) in [6, 6.07) is 9.64. The van der Waals surface area contributed by atoms with Crippen LogP contribution in [0.3, 0.4) is 0 Å². The molecule has 1 amide bonds. The van der Waals surface area contributed by atoms with E-state index in [0.717, 1.165) is 11.9 Å². The van der Waals surface area contributed by atoms with Crippen molar-refractivity contribution in [3.63, 3.8) is 0 Å². The van der Waals surface area contributed by atoms with Gasteiger partial charge in [-0.15, -0.1) is 5.10 Å². The van der Waals surface area contributed by atoms with E-state index in [2.05, 4.69) is 40.7 Å². The Balaban J connectivity index is 1.09. The molecule has 0 spiro atoms. The van der Waals surface area contributed by atoms with Crippen LogP contribution in [0.15, 0.2) is 55.1 Å². The van der Waals surface area contributed by atoms with Gasteiger partial charge in [0, 0.05) is 44.2 Å². The van der Waals surface area contributed by atoms with E-state index in [9.17, 15) is 14.0 Å². The molecule has 0 bridgehead atoms. The number of tetrazole rings is 1. The molecule has 4 aromatic heterocycles. The first-order valence-electron chi connectivity index (χ1n) is 12.0. The van der Waals surface area contributed by atoms with Gasteiger partial charge in [-0.3, -0.25) is 9.59 Å². The van der Waals surface area contributed by atoms with E-state index >= 15 is 0 Å². The van der Waals surface area contributed by atoms with Gasteiger partial charge in [0.2, 0.25) is 5.95 Å². The number of benzene rings is 1. The lowest BCUT2D eigenvalue weighted by Crippen LogP contribution is -2.38. The number of carbonyl (C=O) groups excluding carboxylic acids is 2. The summed E-state index contributed by atoms with van der Waals surface area (Å²) >= 11 is 0. The number of aromatic nitrogens is 9. The van der Waals surface area contributed by atoms with Crippen molar-refractivity contribution in [1.82, 2.24) is 50.1 Å². The van der Waals surface area contributed by atoms with Gasteiger partial charge in [-0.1, -0.05) is 28.5 Å². The van der Waals surface area contributed by atoms with Crippen molar-refractivity contribution < 1.29 is 14.0 Å². The van der Waals surface area contributed by atoms with Crippen molar-refractivity contribution in [2.45, 2.75) is 0 Å². The summed E-state index contributed by atoms with van der Waals surface area (Å²) in [7, 11) is 0. The van der Waals surface area contributed by atoms with E-state index in [0.29, 0.717) is 32.1 Å². The van der Waals surface area contributed by atoms with Crippen molar-refractivity contribution in [2.24, 2.45) is 11.8 Å². The summed E-state index contributed by atoms with van der Waals surface area (Å²) in [6.45, 7) is 2.17. The van der Waals surface area contributed by atoms with E-state index in [1.807, 2.05) is 30.3 Å². The first kappa shape index (κ1) is 22.2. The van der Waals surface area contributed by atoms with E-state index in [-0.39, 0.29) is 34.1 Å². The van der Waals surface area contributed by atoms with Gasteiger partial charge in [-0.2, -0.15) is 4.68 Å². The molecule has 0 saturated carbocycles. The molecule has 2 fully saturated rings. The molecule has 13 nitrogen and oxygen atoms in total. The predicted octanol–water partition coefficient (Wildman–Crippen LogP) is 1.04. The number of likely N-dealkylation sites (tertiary alicyclic amines) is 1. The zero-order chi connectivity index (χ0) is 25.8. The monoisotopic (exact) mass is 513 g/mol. The maximum absolute atomic E-state index is 14.8. The lowest BCUT2D eigenvalue weighted by atomic mass is 10.0. The first-order valence-corrected chi connectivity index (χ1v) is 12.0. The normalized spacial score (nSPS) is 18.9. The van der Waals surface area contributed by atoms with Gasteiger partial charge in [0.1, 0.15) is 0 Å². The Morgan fingerprint density at radius 2 is 1.82 bits per heavy atom. The van der Waals surface area contributed by atoms with Gasteiger partial charge in [-0.05, 0) is 22.6 Å². The van der Waals surface area contributed by atoms with E-state index in [1.165, 1.54) is 17.1 Å². The van der Waals surface area contributed by atoms with Gasteiger partial charge < -0.3 is 14.8 Å². The summed E-state index contributed by atoms with van der Waals surface area (Å²) in [5, 5.41) is 19.8. The number of Topliss-reactive ketones (excluding diaryl/α,β-unsaturated/α-hetero) is 1. The Labute approximate surface area is 213 Å². The number of nitrogens with one attached hydrogen (secondary N) is 1. The standard InChI is InChI=1S/C24H20FN11O2/c25-18-9-27-22(35-7-6-28-31-35)20-19(18)17(8-26-20)21(37)23(38)33-10-14-12-34(13-15(14)11-33)24-29-30-32-36(24)16-4-2-1-3-5-16/h1-9,14-15,26H,10-13H2. The molecule has 0 radical (unpaired) electrons. The molecule has 2 aliphatic heterocycles. The molecule has 1 aromatic carbocycles. The van der Waals surface area contributed by atoms with Crippen molar-refractivity contribution in [3.8, 4) is 11.5 Å². The SMILES string of the molecule is O=C(C(=O)N1CC2CN(c3nnnn3-c3ccccc3)CC2C1)c1c[nH]c2c(-n3ccnn3)ncc(F)c12. The van der Waals surface area contributed by atoms with E-state index in [1.54, 1.807) is 15.8 Å². The summed E-state index contributed by atoms with van der Waals surface area (Å²) in [5.74, 6) is -0.878. The lowest BCUT2D eigenvalue weighted by Gasteiger charge is -2.21. The number of nitrogens with zero attached hydrogens (tertiary/aromatic N) is 10. The quantitative estimate of drug-likeness (QED) is 0.269. The zero-order valence-electron chi connectivity index (χ0n) is 19.8. The second kappa shape index (κ2) is 8.54. The highest BCUT2D eigenvalue weighted by molar-refractivity contribution is 6.45. The molecule has 14 heteroatoms. The molecular weight excluding hydrogens is 493 g/mol. The fourth-order valence-electron chi connectivity index (χ4n) is 5.47. The summed E-state index contributed by atoms with van der Waals surface area (Å²) in [5.41, 5.74) is 1.09. The van der Waals surface area contributed by atoms with Crippen molar-refractivity contribution >= 4 is 28.5 Å². The average Bonchev–Trinajstić information content (AvgIpc) is 3.76. The predicted molar refractivity (Wildman–Crippen MR) is 130 cm³/mol. The summed E-state index contributed by atoms with van der Waals surface area (Å²) < 4.78 is 17.8. The van der Waals surface area contributed by atoms with Gasteiger partial charge in [0.25, 0.3) is 11.7 Å². The number of para-hydroxylation sites is 1. The Morgan fingerprint density at radius 1 is 1.03 bits per heavy atom. The van der Waals surface area contributed by atoms with Crippen LogP contribution >= 0.6 is 0 Å². The lowest BCUT2D eigenvalue weighted by molar-refractivity contribution is -0.125. The number of pyridine rings is 1. The molecule has 2 saturated heterocycles. The third-order valence-corrected chi connectivity index (χ3v) is 7.23. The molecule has 190 valence electrons. The van der Waals surface area contributed by atoms with Gasteiger partial charge in [0.15, 0.2) is 11.6 Å². The number of anilines is 1. The van der Waals surface area contributed by atoms with Crippen LogP contribution in [0.5, 0.6) is 0 Å². The third kappa shape index (κ3) is 3.44. The first-order chi connectivity index (χ1) is 18.6. The number of fused-ring (bicyclic) bond motifs is 2. The second-order valence-electron chi connectivity index (χ2n) is 9.42. The molecule has 2 aliphatic rings. The highest BCUT2D eigenvalue weighted by atomic mass is 19.1. The van der Waals surface area contributed by atoms with Gasteiger partial charge in [-0.25, -0.2) is 14.1 Å². The third-order valence-electron chi connectivity index (χ3n) is 7.23. The highest BCUT2D eigenvalue weighted by Gasteiger charge is 2.44. The van der Waals surface area contributed by atoms with E-state index < -0.39 is 17.5 Å². The Morgan fingerprint density at radius 3 is 2.55 bits per heavy atom. The number of hydrogen-bond acceptors (Lipinski definition) is 9. The molecule has 0 aliphatic carbocycles. The molecule has 38 heavy (non-hydrogen) atoms. The number of rotatable bonds is 5. The second-order valence-corrected chi connectivity index (χ2v) is 9.42. The Hall–Kier alpha value is -5.01. The van der Waals surface area contributed by atoms with E-state index in [4.69, 9.17) is 0 Å². The number of ketones is 1. The van der Waals surface area contributed by atoms with Crippen LogP contribution in [0.1, 0.15) is 10.4 Å². The summed E-state index contributed by atoms with van der Waals surface area (Å²) in [6.07, 6.45) is 5.37. The maximum Gasteiger partial charge on any atom is 0.295 e. The number of carbonyl (C=O) groups is 2. The van der Waals surface area contributed by atoms with Crippen LogP contribution in [0.2, 0.25) is 0 Å². The number of amides is 1. The number of H-pyrrole nitrogens is 1. The van der Waals surface area contributed by atoms with Crippen molar-refractivity contribution in [1.29, 1.82) is 0 Å².